The molecule has 30 heavy (non-hydrogen) atoms. The van der Waals surface area contributed by atoms with Crippen molar-refractivity contribution in [2.24, 2.45) is 5.16 Å². The van der Waals surface area contributed by atoms with Crippen LogP contribution >= 0.6 is 23.2 Å². The number of methoxy groups -OCH3 is 1. The van der Waals surface area contributed by atoms with Crippen LogP contribution in [0.5, 0.6) is 5.75 Å². The minimum Gasteiger partial charge on any atom is -0.495 e. The number of nitrogens with zero attached hydrogens (tertiary/aromatic N) is 2. The second kappa shape index (κ2) is 12.8. The summed E-state index contributed by atoms with van der Waals surface area (Å²) in [5.74, 6) is 1.04. The van der Waals surface area contributed by atoms with Crippen LogP contribution in [0.2, 0.25) is 10.0 Å². The smallest absolute Gasteiger partial charge is 0.261 e. The van der Waals surface area contributed by atoms with Gasteiger partial charge in [-0.3, -0.25) is 4.55 Å². The highest BCUT2D eigenvalue weighted by atomic mass is 35.5. The zero-order valence-corrected chi connectivity index (χ0v) is 19.6. The van der Waals surface area contributed by atoms with Crippen LogP contribution in [0.25, 0.3) is 0 Å². The lowest BCUT2D eigenvalue weighted by atomic mass is 10.1. The molecule has 0 fully saturated rings. The molecule has 0 bridgehead atoms. The van der Waals surface area contributed by atoms with Gasteiger partial charge in [0.05, 0.1) is 24.7 Å². The van der Waals surface area contributed by atoms with Gasteiger partial charge in [-0.05, 0) is 37.4 Å². The third kappa shape index (κ3) is 8.93. The summed E-state index contributed by atoms with van der Waals surface area (Å²) in [6, 6.07) is 7.08. The number of likely N-dealkylation sites (N-methyl/N-ethyl adjacent to an activating group) is 1. The quantitative estimate of drug-likeness (QED) is 0.248. The number of hydrogen-bond acceptors (Lipinski definition) is 7. The minimum atomic E-state index is -3.67. The zero-order valence-electron chi connectivity index (χ0n) is 17.3. The number of rotatable bonds is 9. The second-order valence-electron chi connectivity index (χ2n) is 5.95. The van der Waals surface area contributed by atoms with Gasteiger partial charge in [0.1, 0.15) is 17.4 Å². The predicted octanol–water partition coefficient (Wildman–Crippen LogP) is 4.21. The first-order valence-corrected chi connectivity index (χ1v) is 11.6. The molecule has 0 aliphatic carbocycles. The highest BCUT2D eigenvalue weighted by Crippen LogP contribution is 2.35. The van der Waals surface area contributed by atoms with Gasteiger partial charge in [-0.1, -0.05) is 42.2 Å². The Labute approximate surface area is 187 Å². The molecule has 0 aliphatic heterocycles. The zero-order chi connectivity index (χ0) is 22.7. The Kier molecular flexibility index (Phi) is 11.2. The summed E-state index contributed by atoms with van der Waals surface area (Å²) in [4.78, 5) is 7.76. The summed E-state index contributed by atoms with van der Waals surface area (Å²) in [6.45, 7) is 7.41. The summed E-state index contributed by atoms with van der Waals surface area (Å²) in [5.41, 5.74) is 1.10. The first-order chi connectivity index (χ1) is 14.1. The van der Waals surface area contributed by atoms with Crippen molar-refractivity contribution in [3.05, 3.63) is 51.9 Å². The molecular formula is C19H26Cl2N2O6S. The molecule has 0 radical (unpaired) electrons. The van der Waals surface area contributed by atoms with Crippen LogP contribution in [0, 0.1) is 0 Å². The summed E-state index contributed by atoms with van der Waals surface area (Å²) in [6.07, 6.45) is 2.28. The van der Waals surface area contributed by atoms with E-state index < -0.39 is 10.1 Å². The highest BCUT2D eigenvalue weighted by Gasteiger charge is 2.19. The number of furan rings is 1. The fourth-order valence-electron chi connectivity index (χ4n) is 2.33. The Hall–Kier alpha value is -1.78. The number of hydrogen-bond donors (Lipinski definition) is 1. The van der Waals surface area contributed by atoms with Crippen LogP contribution in [0.1, 0.15) is 25.2 Å². The van der Waals surface area contributed by atoms with E-state index in [0.717, 1.165) is 19.6 Å². The molecule has 0 atom stereocenters. The fraction of sp³-hybridized carbons (Fsp3) is 0.421. The topological polar surface area (TPSA) is 102 Å². The standard InChI is InChI=1S/C18H22Cl2N2O3.CH4O3S/c1-4-22(5-2)10-12-25-21-18(15-7-6-11-24-15)13-8-9-14(23-3)17(20)16(13)19;1-5(2,3)4/h6-9,11H,4-5,10,12H2,1-3H3;1H3,(H,2,3,4). The van der Waals surface area contributed by atoms with Crippen molar-refractivity contribution in [1.29, 1.82) is 0 Å². The van der Waals surface area contributed by atoms with Crippen molar-refractivity contribution >= 4 is 39.0 Å². The largest absolute Gasteiger partial charge is 0.495 e. The maximum atomic E-state index is 9.19. The summed E-state index contributed by atoms with van der Waals surface area (Å²) >= 11 is 12.7. The van der Waals surface area contributed by atoms with Gasteiger partial charge in [0.2, 0.25) is 0 Å². The molecule has 0 saturated heterocycles. The van der Waals surface area contributed by atoms with Crippen molar-refractivity contribution in [3.8, 4) is 5.75 Å². The summed E-state index contributed by atoms with van der Waals surface area (Å²) in [5, 5.41) is 4.91. The third-order valence-electron chi connectivity index (χ3n) is 3.83. The second-order valence-corrected chi connectivity index (χ2v) is 8.18. The van der Waals surface area contributed by atoms with Crippen LogP contribution in [0.15, 0.2) is 40.1 Å². The Bertz CT molecular complexity index is 905. The van der Waals surface area contributed by atoms with Gasteiger partial charge in [-0.15, -0.1) is 0 Å². The van der Waals surface area contributed by atoms with E-state index in [1.165, 1.54) is 7.11 Å². The molecule has 1 heterocycles. The van der Waals surface area contributed by atoms with E-state index in [9.17, 15) is 8.42 Å². The average Bonchev–Trinajstić information content (AvgIpc) is 3.21. The summed E-state index contributed by atoms with van der Waals surface area (Å²) < 4.78 is 36.5. The van der Waals surface area contributed by atoms with Gasteiger partial charge >= 0.3 is 0 Å². The molecule has 1 aromatic carbocycles. The maximum absolute atomic E-state index is 9.19. The van der Waals surface area contributed by atoms with E-state index in [4.69, 9.17) is 41.7 Å². The average molecular weight is 481 g/mol. The molecule has 0 spiro atoms. The molecule has 0 saturated carbocycles. The molecular weight excluding hydrogens is 455 g/mol. The van der Waals surface area contributed by atoms with E-state index >= 15 is 0 Å². The van der Waals surface area contributed by atoms with Crippen LogP contribution in [-0.2, 0) is 15.0 Å². The van der Waals surface area contributed by atoms with Crippen molar-refractivity contribution in [3.63, 3.8) is 0 Å². The Morgan fingerprint density at radius 1 is 1.20 bits per heavy atom. The van der Waals surface area contributed by atoms with E-state index in [0.29, 0.717) is 45.7 Å². The minimum absolute atomic E-state index is 0.323. The number of benzene rings is 1. The van der Waals surface area contributed by atoms with Gasteiger partial charge in [0, 0.05) is 12.1 Å². The molecule has 0 amide bonds. The van der Waals surface area contributed by atoms with Gasteiger partial charge < -0.3 is 18.9 Å². The first kappa shape index (κ1) is 26.3. The lowest BCUT2D eigenvalue weighted by Gasteiger charge is -2.16. The fourth-order valence-corrected chi connectivity index (χ4v) is 2.82. The van der Waals surface area contributed by atoms with E-state index in [1.54, 1.807) is 30.5 Å². The van der Waals surface area contributed by atoms with Gasteiger partial charge in [0.15, 0.2) is 11.5 Å². The molecule has 11 heteroatoms. The molecule has 0 aliphatic rings. The molecule has 8 nitrogen and oxygen atoms in total. The normalized spacial score (nSPS) is 11.8. The number of halogens is 2. The Balaban J connectivity index is 0.000000804. The summed E-state index contributed by atoms with van der Waals surface area (Å²) in [7, 11) is -2.13. The number of ether oxygens (including phenoxy) is 1. The molecule has 2 rings (SSSR count). The molecule has 2 aromatic rings. The van der Waals surface area contributed by atoms with E-state index in [-0.39, 0.29) is 0 Å². The van der Waals surface area contributed by atoms with Crippen molar-refractivity contribution in [2.75, 3.05) is 39.6 Å². The van der Waals surface area contributed by atoms with Gasteiger partial charge in [-0.25, -0.2) is 0 Å². The van der Waals surface area contributed by atoms with Crippen LogP contribution < -0.4 is 4.74 Å². The van der Waals surface area contributed by atoms with Crippen molar-refractivity contribution in [2.45, 2.75) is 13.8 Å². The van der Waals surface area contributed by atoms with Gasteiger partial charge in [-0.2, -0.15) is 8.42 Å². The maximum Gasteiger partial charge on any atom is 0.261 e. The molecule has 1 N–H and O–H groups in total. The third-order valence-corrected chi connectivity index (χ3v) is 4.69. The van der Waals surface area contributed by atoms with E-state index in [1.807, 2.05) is 0 Å². The monoisotopic (exact) mass is 480 g/mol. The molecule has 0 unspecified atom stereocenters. The van der Waals surface area contributed by atoms with Crippen molar-refractivity contribution < 1.29 is 27.0 Å². The van der Waals surface area contributed by atoms with Crippen molar-refractivity contribution in [1.82, 2.24) is 4.90 Å². The van der Waals surface area contributed by atoms with Crippen LogP contribution in [0.4, 0.5) is 0 Å². The first-order valence-electron chi connectivity index (χ1n) is 9.03. The lowest BCUT2D eigenvalue weighted by molar-refractivity contribution is 0.114. The van der Waals surface area contributed by atoms with Gasteiger partial charge in [0.25, 0.3) is 10.1 Å². The predicted molar refractivity (Wildman–Crippen MR) is 119 cm³/mol. The lowest BCUT2D eigenvalue weighted by Crippen LogP contribution is -2.26. The number of oxime groups is 1. The Morgan fingerprint density at radius 2 is 1.83 bits per heavy atom. The van der Waals surface area contributed by atoms with E-state index in [2.05, 4.69) is 23.9 Å². The van der Waals surface area contributed by atoms with Crippen LogP contribution in [0.3, 0.4) is 0 Å². The molecule has 168 valence electrons. The highest BCUT2D eigenvalue weighted by molar-refractivity contribution is 7.85. The van der Waals surface area contributed by atoms with Crippen LogP contribution in [-0.4, -0.2) is 63.2 Å². The molecule has 1 aromatic heterocycles. The SMILES string of the molecule is CCN(CC)CCON=C(c1ccco1)c1ccc(OC)c(Cl)c1Cl.CS(=O)(=O)O. The Morgan fingerprint density at radius 3 is 2.33 bits per heavy atom.